The molecule has 0 saturated carbocycles. The van der Waals surface area contributed by atoms with Crippen LogP contribution in [0.5, 0.6) is 0 Å². The summed E-state index contributed by atoms with van der Waals surface area (Å²) in [4.78, 5) is 12.1. The molecular formula is C13H22N2O. The summed E-state index contributed by atoms with van der Waals surface area (Å²) in [6.07, 6.45) is 0.955. The summed E-state index contributed by atoms with van der Waals surface area (Å²) >= 11 is 0. The first-order valence-electron chi connectivity index (χ1n) is 5.85. The van der Waals surface area contributed by atoms with Crippen LogP contribution in [-0.4, -0.2) is 4.57 Å². The lowest BCUT2D eigenvalue weighted by molar-refractivity contribution is 0.495. The van der Waals surface area contributed by atoms with Crippen molar-refractivity contribution < 1.29 is 0 Å². The summed E-state index contributed by atoms with van der Waals surface area (Å²) in [5.74, 6) is 0. The highest BCUT2D eigenvalue weighted by molar-refractivity contribution is 5.21. The second kappa shape index (κ2) is 4.83. The van der Waals surface area contributed by atoms with Crippen molar-refractivity contribution in [1.82, 2.24) is 4.57 Å². The van der Waals surface area contributed by atoms with Crippen LogP contribution in [0.1, 0.15) is 45.4 Å². The highest BCUT2D eigenvalue weighted by Gasteiger charge is 2.19. The number of hydrogen-bond acceptors (Lipinski definition) is 2. The molecule has 0 aliphatic rings. The lowest BCUT2D eigenvalue weighted by Gasteiger charge is -2.24. The molecule has 0 unspecified atom stereocenters. The number of nitrogens with two attached hydrogens (primary N) is 1. The first kappa shape index (κ1) is 13.0. The van der Waals surface area contributed by atoms with E-state index in [1.807, 2.05) is 16.7 Å². The monoisotopic (exact) mass is 222 g/mol. The lowest BCUT2D eigenvalue weighted by atomic mass is 9.90. The normalized spacial score (nSPS) is 11.8. The number of aromatic nitrogens is 1. The van der Waals surface area contributed by atoms with Gasteiger partial charge >= 0.3 is 0 Å². The minimum absolute atomic E-state index is 0.0124. The Morgan fingerprint density at radius 3 is 2.38 bits per heavy atom. The Bertz CT molecular complexity index is 413. The van der Waals surface area contributed by atoms with Crippen LogP contribution in [0.15, 0.2) is 16.9 Å². The van der Waals surface area contributed by atoms with Gasteiger partial charge in [0.25, 0.3) is 5.56 Å². The van der Waals surface area contributed by atoms with Crippen molar-refractivity contribution in [3.8, 4) is 0 Å². The molecule has 1 rings (SSSR count). The van der Waals surface area contributed by atoms with E-state index in [4.69, 9.17) is 5.73 Å². The molecule has 0 spiro atoms. The highest BCUT2D eigenvalue weighted by atomic mass is 16.1. The summed E-state index contributed by atoms with van der Waals surface area (Å²) < 4.78 is 1.86. The van der Waals surface area contributed by atoms with Crippen LogP contribution in [0.3, 0.4) is 0 Å². The molecule has 16 heavy (non-hydrogen) atoms. The minimum atomic E-state index is -0.0124. The fourth-order valence-electron chi connectivity index (χ4n) is 1.88. The van der Waals surface area contributed by atoms with Crippen LogP contribution >= 0.6 is 0 Å². The number of pyridine rings is 1. The third kappa shape index (κ3) is 2.53. The Balaban J connectivity index is 3.41. The second-order valence-corrected chi connectivity index (χ2v) is 5.15. The van der Waals surface area contributed by atoms with Gasteiger partial charge in [0, 0.05) is 29.8 Å². The summed E-state index contributed by atoms with van der Waals surface area (Å²) in [6, 6.07) is 3.88. The third-order valence-electron chi connectivity index (χ3n) is 2.69. The van der Waals surface area contributed by atoms with Crippen LogP contribution in [0, 0.1) is 0 Å². The van der Waals surface area contributed by atoms with Gasteiger partial charge < -0.3 is 10.3 Å². The molecule has 1 aromatic rings. The largest absolute Gasteiger partial charge is 0.326 e. The van der Waals surface area contributed by atoms with E-state index in [2.05, 4.69) is 27.7 Å². The highest BCUT2D eigenvalue weighted by Crippen LogP contribution is 2.21. The summed E-state index contributed by atoms with van der Waals surface area (Å²) in [5.41, 5.74) is 7.39. The van der Waals surface area contributed by atoms with Crippen LogP contribution in [-0.2, 0) is 18.5 Å². The maximum absolute atomic E-state index is 12.1. The van der Waals surface area contributed by atoms with E-state index in [-0.39, 0.29) is 11.0 Å². The average Bonchev–Trinajstić information content (AvgIpc) is 2.19. The zero-order valence-electron chi connectivity index (χ0n) is 10.7. The van der Waals surface area contributed by atoms with Crippen LogP contribution < -0.4 is 11.3 Å². The van der Waals surface area contributed by atoms with Crippen LogP contribution in [0.4, 0.5) is 0 Å². The summed E-state index contributed by atoms with van der Waals surface area (Å²) in [7, 11) is 0. The molecular weight excluding hydrogens is 200 g/mol. The summed E-state index contributed by atoms with van der Waals surface area (Å²) in [5, 5.41) is 0. The number of rotatable bonds is 3. The van der Waals surface area contributed by atoms with Crippen molar-refractivity contribution in [2.24, 2.45) is 5.73 Å². The smallest absolute Gasteiger partial charge is 0.255 e. The molecule has 0 fully saturated rings. The molecule has 0 atom stereocenters. The molecule has 0 radical (unpaired) electrons. The van der Waals surface area contributed by atoms with E-state index in [9.17, 15) is 4.79 Å². The molecule has 0 aliphatic heterocycles. The molecule has 1 aromatic heterocycles. The van der Waals surface area contributed by atoms with E-state index < -0.39 is 0 Å². The maximum Gasteiger partial charge on any atom is 0.255 e. The van der Waals surface area contributed by atoms with E-state index in [0.717, 1.165) is 18.7 Å². The number of nitrogens with zero attached hydrogens (tertiary/aromatic N) is 1. The van der Waals surface area contributed by atoms with Crippen molar-refractivity contribution in [1.29, 1.82) is 0 Å². The first-order chi connectivity index (χ1) is 7.41. The maximum atomic E-state index is 12.1. The molecule has 3 nitrogen and oxygen atoms in total. The van der Waals surface area contributed by atoms with Crippen molar-refractivity contribution in [2.45, 2.75) is 52.6 Å². The number of hydrogen-bond donors (Lipinski definition) is 1. The zero-order chi connectivity index (χ0) is 12.3. The molecule has 2 N–H and O–H groups in total. The fraction of sp³-hybridized carbons (Fsp3) is 0.615. The molecule has 1 heterocycles. The molecule has 0 saturated heterocycles. The van der Waals surface area contributed by atoms with Gasteiger partial charge in [-0.25, -0.2) is 0 Å². The van der Waals surface area contributed by atoms with Gasteiger partial charge in [-0.1, -0.05) is 33.8 Å². The lowest BCUT2D eigenvalue weighted by Crippen LogP contribution is -2.32. The van der Waals surface area contributed by atoms with Crippen LogP contribution in [0.2, 0.25) is 0 Å². The Labute approximate surface area is 97.3 Å². The predicted molar refractivity (Wildman–Crippen MR) is 67.6 cm³/mol. The quantitative estimate of drug-likeness (QED) is 0.850. The van der Waals surface area contributed by atoms with Crippen molar-refractivity contribution >= 4 is 0 Å². The zero-order valence-corrected chi connectivity index (χ0v) is 10.7. The SMILES string of the molecule is CCCn1c(C(C)(C)C)ccc(CN)c1=O. The van der Waals surface area contributed by atoms with E-state index in [0.29, 0.717) is 12.1 Å². The molecule has 0 aliphatic carbocycles. The Morgan fingerprint density at radius 2 is 1.94 bits per heavy atom. The molecule has 0 amide bonds. The van der Waals surface area contributed by atoms with Crippen molar-refractivity contribution in [3.63, 3.8) is 0 Å². The third-order valence-corrected chi connectivity index (χ3v) is 2.69. The van der Waals surface area contributed by atoms with E-state index in [1.54, 1.807) is 0 Å². The fourth-order valence-corrected chi connectivity index (χ4v) is 1.88. The topological polar surface area (TPSA) is 48.0 Å². The van der Waals surface area contributed by atoms with Gasteiger partial charge in [0.1, 0.15) is 0 Å². The minimum Gasteiger partial charge on any atom is -0.326 e. The van der Waals surface area contributed by atoms with E-state index >= 15 is 0 Å². The van der Waals surface area contributed by atoms with Crippen LogP contribution in [0.25, 0.3) is 0 Å². The van der Waals surface area contributed by atoms with Gasteiger partial charge in [-0.3, -0.25) is 4.79 Å². The first-order valence-corrected chi connectivity index (χ1v) is 5.85. The average molecular weight is 222 g/mol. The van der Waals surface area contributed by atoms with Gasteiger partial charge in [-0.2, -0.15) is 0 Å². The summed E-state index contributed by atoms with van der Waals surface area (Å²) in [6.45, 7) is 9.52. The predicted octanol–water partition coefficient (Wildman–Crippen LogP) is 2.01. The Morgan fingerprint density at radius 1 is 1.31 bits per heavy atom. The van der Waals surface area contributed by atoms with E-state index in [1.165, 1.54) is 0 Å². The van der Waals surface area contributed by atoms with Gasteiger partial charge in [0.2, 0.25) is 0 Å². The Hall–Kier alpha value is -1.09. The van der Waals surface area contributed by atoms with Gasteiger partial charge in [0.05, 0.1) is 0 Å². The van der Waals surface area contributed by atoms with Crippen molar-refractivity contribution in [2.75, 3.05) is 0 Å². The molecule has 0 aromatic carbocycles. The van der Waals surface area contributed by atoms with Crippen molar-refractivity contribution in [3.05, 3.63) is 33.7 Å². The second-order valence-electron chi connectivity index (χ2n) is 5.15. The Kier molecular flexibility index (Phi) is 3.92. The molecule has 90 valence electrons. The molecule has 0 bridgehead atoms. The van der Waals surface area contributed by atoms with Gasteiger partial charge in [0.15, 0.2) is 0 Å². The van der Waals surface area contributed by atoms with Gasteiger partial charge in [-0.15, -0.1) is 0 Å². The molecule has 3 heteroatoms. The standard InChI is InChI=1S/C13H22N2O/c1-5-8-15-11(13(2,3)4)7-6-10(9-14)12(15)16/h6-7H,5,8-9,14H2,1-4H3. The van der Waals surface area contributed by atoms with Gasteiger partial charge in [-0.05, 0) is 12.5 Å².